The molecular formula is C9H18N2O2. The lowest BCUT2D eigenvalue weighted by Crippen LogP contribution is -2.30. The van der Waals surface area contributed by atoms with Gasteiger partial charge in [0.25, 0.3) is 0 Å². The van der Waals surface area contributed by atoms with Crippen molar-refractivity contribution < 1.29 is 9.53 Å². The summed E-state index contributed by atoms with van der Waals surface area (Å²) in [6.45, 7) is 2.60. The van der Waals surface area contributed by atoms with Gasteiger partial charge in [-0.3, -0.25) is 0 Å². The Kier molecular flexibility index (Phi) is 3.54. The molecular weight excluding hydrogens is 168 g/mol. The molecule has 1 amide bonds. The first-order valence-electron chi connectivity index (χ1n) is 4.80. The highest BCUT2D eigenvalue weighted by molar-refractivity contribution is 5.67. The van der Waals surface area contributed by atoms with E-state index in [4.69, 9.17) is 10.5 Å². The van der Waals surface area contributed by atoms with Gasteiger partial charge in [0.05, 0.1) is 0 Å². The van der Waals surface area contributed by atoms with E-state index in [0.717, 1.165) is 19.3 Å². The van der Waals surface area contributed by atoms with Crippen molar-refractivity contribution in [1.29, 1.82) is 0 Å². The van der Waals surface area contributed by atoms with Crippen molar-refractivity contribution in [2.45, 2.75) is 38.3 Å². The number of nitrogens with two attached hydrogens (primary N) is 1. The number of hydrogen-bond acceptors (Lipinski definition) is 3. The third-order valence-electron chi connectivity index (χ3n) is 2.48. The zero-order valence-corrected chi connectivity index (χ0v) is 8.32. The molecule has 2 N–H and O–H groups in total. The molecule has 0 saturated heterocycles. The normalized spacial score (nSPS) is 27.3. The van der Waals surface area contributed by atoms with Gasteiger partial charge in [0.1, 0.15) is 6.10 Å². The summed E-state index contributed by atoms with van der Waals surface area (Å²) in [6.07, 6.45) is 2.49. The van der Waals surface area contributed by atoms with E-state index in [9.17, 15) is 4.79 Å². The van der Waals surface area contributed by atoms with Crippen LogP contribution in [0.4, 0.5) is 4.79 Å². The van der Waals surface area contributed by atoms with Gasteiger partial charge in [-0.2, -0.15) is 0 Å². The maximum absolute atomic E-state index is 11.3. The summed E-state index contributed by atoms with van der Waals surface area (Å²) in [7, 11) is 1.73. The minimum Gasteiger partial charge on any atom is -0.446 e. The highest BCUT2D eigenvalue weighted by Gasteiger charge is 2.25. The number of ether oxygens (including phenoxy) is 1. The van der Waals surface area contributed by atoms with Crippen LogP contribution in [0, 0.1) is 0 Å². The summed E-state index contributed by atoms with van der Waals surface area (Å²) < 4.78 is 5.24. The lowest BCUT2D eigenvalue weighted by molar-refractivity contribution is 0.0727. The maximum Gasteiger partial charge on any atom is 0.409 e. The van der Waals surface area contributed by atoms with Crippen LogP contribution in [-0.2, 0) is 4.74 Å². The van der Waals surface area contributed by atoms with E-state index >= 15 is 0 Å². The first-order valence-corrected chi connectivity index (χ1v) is 4.80. The quantitative estimate of drug-likeness (QED) is 0.698. The number of carbonyl (C=O) groups excluding carboxylic acids is 1. The molecule has 0 bridgehead atoms. The Morgan fingerprint density at radius 3 is 2.77 bits per heavy atom. The summed E-state index contributed by atoms with van der Waals surface area (Å²) in [5.74, 6) is 0. The Morgan fingerprint density at radius 1 is 1.62 bits per heavy atom. The van der Waals surface area contributed by atoms with Crippen molar-refractivity contribution >= 4 is 6.09 Å². The van der Waals surface area contributed by atoms with Crippen molar-refractivity contribution in [2.24, 2.45) is 5.73 Å². The Morgan fingerprint density at radius 2 is 2.31 bits per heavy atom. The molecule has 0 radical (unpaired) electrons. The zero-order valence-electron chi connectivity index (χ0n) is 8.32. The van der Waals surface area contributed by atoms with E-state index in [0.29, 0.717) is 6.54 Å². The van der Waals surface area contributed by atoms with Crippen LogP contribution in [0.1, 0.15) is 26.2 Å². The number of hydrogen-bond donors (Lipinski definition) is 1. The Hall–Kier alpha value is -0.770. The van der Waals surface area contributed by atoms with E-state index in [1.165, 1.54) is 0 Å². The monoisotopic (exact) mass is 186 g/mol. The van der Waals surface area contributed by atoms with Crippen molar-refractivity contribution in [3.63, 3.8) is 0 Å². The topological polar surface area (TPSA) is 55.6 Å². The second-order valence-electron chi connectivity index (χ2n) is 3.59. The molecule has 0 aromatic carbocycles. The van der Waals surface area contributed by atoms with E-state index in [1.54, 1.807) is 11.9 Å². The predicted molar refractivity (Wildman–Crippen MR) is 50.4 cm³/mol. The van der Waals surface area contributed by atoms with Crippen molar-refractivity contribution in [3.05, 3.63) is 0 Å². The van der Waals surface area contributed by atoms with Crippen molar-refractivity contribution in [1.82, 2.24) is 4.90 Å². The first kappa shape index (κ1) is 10.3. The van der Waals surface area contributed by atoms with Gasteiger partial charge in [-0.1, -0.05) is 0 Å². The maximum atomic E-state index is 11.3. The van der Waals surface area contributed by atoms with Gasteiger partial charge in [-0.25, -0.2) is 4.79 Å². The van der Waals surface area contributed by atoms with Crippen LogP contribution in [0.15, 0.2) is 0 Å². The summed E-state index contributed by atoms with van der Waals surface area (Å²) >= 11 is 0. The predicted octanol–water partition coefficient (Wildman–Crippen LogP) is 0.955. The van der Waals surface area contributed by atoms with Gasteiger partial charge in [-0.15, -0.1) is 0 Å². The van der Waals surface area contributed by atoms with Crippen LogP contribution in [-0.4, -0.2) is 36.7 Å². The fraction of sp³-hybridized carbons (Fsp3) is 0.889. The number of rotatable bonds is 2. The molecule has 1 aliphatic rings. The Balaban J connectivity index is 2.28. The molecule has 0 aromatic rings. The summed E-state index contributed by atoms with van der Waals surface area (Å²) in [5, 5.41) is 0. The summed E-state index contributed by atoms with van der Waals surface area (Å²) in [6, 6.07) is 0.213. The van der Waals surface area contributed by atoms with Gasteiger partial charge >= 0.3 is 6.09 Å². The van der Waals surface area contributed by atoms with Crippen molar-refractivity contribution in [2.75, 3.05) is 13.6 Å². The molecule has 4 heteroatoms. The number of amides is 1. The molecule has 13 heavy (non-hydrogen) atoms. The molecule has 0 spiro atoms. The third kappa shape index (κ3) is 2.88. The van der Waals surface area contributed by atoms with Crippen LogP contribution in [0.5, 0.6) is 0 Å². The fourth-order valence-electron chi connectivity index (χ4n) is 1.44. The molecule has 2 unspecified atom stereocenters. The van der Waals surface area contributed by atoms with Gasteiger partial charge in [-0.05, 0) is 26.2 Å². The molecule has 1 fully saturated rings. The van der Waals surface area contributed by atoms with Crippen molar-refractivity contribution in [3.8, 4) is 0 Å². The molecule has 4 nitrogen and oxygen atoms in total. The average Bonchev–Trinajstić information content (AvgIpc) is 2.49. The molecule has 0 heterocycles. The minimum atomic E-state index is -0.235. The van der Waals surface area contributed by atoms with Crippen LogP contribution in [0.3, 0.4) is 0 Å². The lowest BCUT2D eigenvalue weighted by Gasteiger charge is -2.18. The smallest absolute Gasteiger partial charge is 0.409 e. The van der Waals surface area contributed by atoms with Crippen LogP contribution in [0.25, 0.3) is 0 Å². The molecule has 0 aliphatic heterocycles. The Labute approximate surface area is 79.0 Å². The molecule has 2 atom stereocenters. The second-order valence-corrected chi connectivity index (χ2v) is 3.59. The Bertz CT molecular complexity index is 184. The van der Waals surface area contributed by atoms with E-state index in [-0.39, 0.29) is 18.2 Å². The molecule has 0 aromatic heterocycles. The van der Waals surface area contributed by atoms with Crippen LogP contribution >= 0.6 is 0 Å². The van der Waals surface area contributed by atoms with E-state index in [2.05, 4.69) is 0 Å². The van der Waals surface area contributed by atoms with E-state index < -0.39 is 0 Å². The largest absolute Gasteiger partial charge is 0.446 e. The highest BCUT2D eigenvalue weighted by atomic mass is 16.6. The van der Waals surface area contributed by atoms with Crippen LogP contribution in [0.2, 0.25) is 0 Å². The third-order valence-corrected chi connectivity index (χ3v) is 2.48. The van der Waals surface area contributed by atoms with Crippen LogP contribution < -0.4 is 5.73 Å². The van der Waals surface area contributed by atoms with Gasteiger partial charge in [0, 0.05) is 19.6 Å². The van der Waals surface area contributed by atoms with E-state index in [1.807, 2.05) is 6.92 Å². The van der Waals surface area contributed by atoms with Gasteiger partial charge in [0.15, 0.2) is 0 Å². The fourth-order valence-corrected chi connectivity index (χ4v) is 1.44. The number of carbonyl (C=O) groups is 1. The molecule has 1 saturated carbocycles. The highest BCUT2D eigenvalue weighted by Crippen LogP contribution is 2.20. The summed E-state index contributed by atoms with van der Waals surface area (Å²) in [5.41, 5.74) is 5.70. The minimum absolute atomic E-state index is 0.0384. The zero-order chi connectivity index (χ0) is 9.84. The SMILES string of the molecule is CCN(C)C(=O)OC1CCC(N)C1. The standard InChI is InChI=1S/C9H18N2O2/c1-3-11(2)9(12)13-8-5-4-7(10)6-8/h7-8H,3-6,10H2,1-2H3. The molecule has 76 valence electrons. The van der Waals surface area contributed by atoms with Gasteiger partial charge < -0.3 is 15.4 Å². The lowest BCUT2D eigenvalue weighted by atomic mass is 10.3. The summed E-state index contributed by atoms with van der Waals surface area (Å²) in [4.78, 5) is 12.9. The average molecular weight is 186 g/mol. The van der Waals surface area contributed by atoms with Gasteiger partial charge in [0.2, 0.25) is 0 Å². The molecule has 1 aliphatic carbocycles. The second kappa shape index (κ2) is 4.46. The first-order chi connectivity index (χ1) is 6.13. The number of nitrogens with zero attached hydrogens (tertiary/aromatic N) is 1. The molecule has 1 rings (SSSR count).